The lowest BCUT2D eigenvalue weighted by molar-refractivity contribution is -0.150. The third-order valence-electron chi connectivity index (χ3n) is 1.64. The van der Waals surface area contributed by atoms with E-state index in [-0.39, 0.29) is 11.4 Å². The van der Waals surface area contributed by atoms with Crippen LogP contribution in [0.15, 0.2) is 18.3 Å². The van der Waals surface area contributed by atoms with Crippen molar-refractivity contribution in [3.63, 3.8) is 0 Å². The highest BCUT2D eigenvalue weighted by Gasteiger charge is 2.27. The Bertz CT molecular complexity index is 346. The number of rotatable bonds is 3. The predicted molar refractivity (Wildman–Crippen MR) is 46.7 cm³/mol. The number of hydrogen-bond acceptors (Lipinski definition) is 4. The molecule has 0 saturated heterocycles. The molecule has 0 spiro atoms. The van der Waals surface area contributed by atoms with Gasteiger partial charge in [-0.15, -0.1) is 0 Å². The Kier molecular flexibility index (Phi) is 2.66. The van der Waals surface area contributed by atoms with E-state index in [1.54, 1.807) is 0 Å². The molecular weight excluding hydrogens is 188 g/mol. The van der Waals surface area contributed by atoms with Crippen molar-refractivity contribution in [2.75, 3.05) is 5.73 Å². The zero-order valence-electron chi connectivity index (χ0n) is 7.04. The first kappa shape index (κ1) is 9.97. The Morgan fingerprint density at radius 3 is 2.21 bits per heavy atom. The van der Waals surface area contributed by atoms with Crippen molar-refractivity contribution < 1.29 is 19.8 Å². The SMILES string of the molecule is Nc1ccc(C(C(=O)O)C(=O)O)cn1. The maximum Gasteiger partial charge on any atom is 0.322 e. The molecule has 14 heavy (non-hydrogen) atoms. The number of hydrogen-bond donors (Lipinski definition) is 3. The van der Waals surface area contributed by atoms with Gasteiger partial charge in [-0.2, -0.15) is 0 Å². The molecule has 4 N–H and O–H groups in total. The molecule has 0 saturated carbocycles. The van der Waals surface area contributed by atoms with E-state index in [0.29, 0.717) is 0 Å². The standard InChI is InChI=1S/C8H8N2O4/c9-5-2-1-4(3-10-5)6(7(11)12)8(13)14/h1-3,6H,(H2,9,10)(H,11,12)(H,13,14). The number of pyridine rings is 1. The average Bonchev–Trinajstić information content (AvgIpc) is 2.07. The van der Waals surface area contributed by atoms with Crippen LogP contribution >= 0.6 is 0 Å². The first-order valence-electron chi connectivity index (χ1n) is 3.69. The first-order chi connectivity index (χ1) is 6.52. The van der Waals surface area contributed by atoms with Gasteiger partial charge < -0.3 is 15.9 Å². The molecule has 0 radical (unpaired) electrons. The van der Waals surface area contributed by atoms with Crippen molar-refractivity contribution in [1.29, 1.82) is 0 Å². The molecular formula is C8H8N2O4. The highest BCUT2D eigenvalue weighted by Crippen LogP contribution is 2.16. The van der Waals surface area contributed by atoms with Gasteiger partial charge in [-0.1, -0.05) is 6.07 Å². The average molecular weight is 196 g/mol. The van der Waals surface area contributed by atoms with Crippen molar-refractivity contribution in [2.45, 2.75) is 5.92 Å². The maximum absolute atomic E-state index is 10.6. The second-order valence-corrected chi connectivity index (χ2v) is 2.63. The summed E-state index contributed by atoms with van der Waals surface area (Å²) in [6.45, 7) is 0. The van der Waals surface area contributed by atoms with Crippen LogP contribution in [-0.2, 0) is 9.59 Å². The highest BCUT2D eigenvalue weighted by molar-refractivity contribution is 5.98. The monoisotopic (exact) mass is 196 g/mol. The third kappa shape index (κ3) is 1.98. The van der Waals surface area contributed by atoms with Gasteiger partial charge in [0.2, 0.25) is 0 Å². The number of aromatic nitrogens is 1. The van der Waals surface area contributed by atoms with Crippen molar-refractivity contribution in [3.05, 3.63) is 23.9 Å². The lowest BCUT2D eigenvalue weighted by atomic mass is 10.0. The quantitative estimate of drug-likeness (QED) is 0.582. The summed E-state index contributed by atoms with van der Waals surface area (Å²) in [6.07, 6.45) is 1.14. The molecule has 1 aromatic rings. The van der Waals surface area contributed by atoms with Crippen molar-refractivity contribution in [2.24, 2.45) is 0 Å². The summed E-state index contributed by atoms with van der Waals surface area (Å²) in [5.74, 6) is -4.24. The van der Waals surface area contributed by atoms with Gasteiger partial charge in [0.1, 0.15) is 5.82 Å². The maximum atomic E-state index is 10.6. The molecule has 1 heterocycles. The molecule has 0 aliphatic heterocycles. The minimum Gasteiger partial charge on any atom is -0.480 e. The van der Waals surface area contributed by atoms with Crippen LogP contribution < -0.4 is 5.73 Å². The molecule has 74 valence electrons. The van der Waals surface area contributed by atoms with E-state index in [2.05, 4.69) is 4.98 Å². The van der Waals surface area contributed by atoms with E-state index in [0.717, 1.165) is 6.20 Å². The van der Waals surface area contributed by atoms with Crippen LogP contribution in [0, 0.1) is 0 Å². The van der Waals surface area contributed by atoms with Gasteiger partial charge in [0, 0.05) is 6.20 Å². The second kappa shape index (κ2) is 3.73. The molecule has 0 aliphatic rings. The van der Waals surface area contributed by atoms with Crippen LogP contribution in [0.3, 0.4) is 0 Å². The third-order valence-corrected chi connectivity index (χ3v) is 1.64. The molecule has 6 heteroatoms. The Morgan fingerprint density at radius 1 is 1.29 bits per heavy atom. The van der Waals surface area contributed by atoms with Gasteiger partial charge in [-0.3, -0.25) is 9.59 Å². The smallest absolute Gasteiger partial charge is 0.322 e. The largest absolute Gasteiger partial charge is 0.480 e. The van der Waals surface area contributed by atoms with Crippen molar-refractivity contribution in [3.8, 4) is 0 Å². The fourth-order valence-electron chi connectivity index (χ4n) is 0.978. The molecule has 0 aromatic carbocycles. The Hall–Kier alpha value is -2.11. The number of carboxylic acids is 2. The van der Waals surface area contributed by atoms with Gasteiger partial charge >= 0.3 is 11.9 Å². The molecule has 0 atom stereocenters. The fraction of sp³-hybridized carbons (Fsp3) is 0.125. The van der Waals surface area contributed by atoms with E-state index in [1.165, 1.54) is 12.1 Å². The Balaban J connectivity index is 3.06. The molecule has 0 amide bonds. The highest BCUT2D eigenvalue weighted by atomic mass is 16.4. The summed E-state index contributed by atoms with van der Waals surface area (Å²) in [6, 6.07) is 2.68. The molecule has 0 fully saturated rings. The Labute approximate surface area is 79.0 Å². The summed E-state index contributed by atoms with van der Waals surface area (Å²) in [5.41, 5.74) is 5.37. The molecule has 0 bridgehead atoms. The van der Waals surface area contributed by atoms with Gasteiger partial charge in [-0.25, -0.2) is 4.98 Å². The second-order valence-electron chi connectivity index (χ2n) is 2.63. The zero-order valence-corrected chi connectivity index (χ0v) is 7.04. The minimum absolute atomic E-state index is 0.0965. The Morgan fingerprint density at radius 2 is 1.86 bits per heavy atom. The van der Waals surface area contributed by atoms with Gasteiger partial charge in [-0.05, 0) is 11.6 Å². The van der Waals surface area contributed by atoms with Crippen LogP contribution in [0.2, 0.25) is 0 Å². The molecule has 0 unspecified atom stereocenters. The number of nitrogens with zero attached hydrogens (tertiary/aromatic N) is 1. The lowest BCUT2D eigenvalue weighted by Gasteiger charge is -2.06. The summed E-state index contributed by atoms with van der Waals surface area (Å²) in [4.78, 5) is 24.8. The topological polar surface area (TPSA) is 114 Å². The zero-order chi connectivity index (χ0) is 10.7. The normalized spacial score (nSPS) is 10.1. The summed E-state index contributed by atoms with van der Waals surface area (Å²) >= 11 is 0. The minimum atomic E-state index is -1.59. The van der Waals surface area contributed by atoms with Crippen LogP contribution in [0.4, 0.5) is 5.82 Å². The van der Waals surface area contributed by atoms with Crippen LogP contribution in [0.5, 0.6) is 0 Å². The summed E-state index contributed by atoms with van der Waals surface area (Å²) in [7, 11) is 0. The number of nitrogen functional groups attached to an aromatic ring is 1. The van der Waals surface area contributed by atoms with Crippen LogP contribution in [-0.4, -0.2) is 27.1 Å². The van der Waals surface area contributed by atoms with Gasteiger partial charge in [0.15, 0.2) is 5.92 Å². The van der Waals surface area contributed by atoms with E-state index in [4.69, 9.17) is 15.9 Å². The van der Waals surface area contributed by atoms with Gasteiger partial charge in [0.05, 0.1) is 0 Å². The van der Waals surface area contributed by atoms with Crippen LogP contribution in [0.25, 0.3) is 0 Å². The predicted octanol–water partition coefficient (Wildman–Crippen LogP) is -0.0834. The van der Waals surface area contributed by atoms with E-state index in [9.17, 15) is 9.59 Å². The van der Waals surface area contributed by atoms with Gasteiger partial charge in [0.25, 0.3) is 0 Å². The van der Waals surface area contributed by atoms with E-state index < -0.39 is 17.9 Å². The number of nitrogens with two attached hydrogens (primary N) is 1. The summed E-state index contributed by atoms with van der Waals surface area (Å²) in [5, 5.41) is 17.3. The molecule has 0 aliphatic carbocycles. The number of aliphatic carboxylic acids is 2. The number of carbonyl (C=O) groups is 2. The summed E-state index contributed by atoms with van der Waals surface area (Å²) < 4.78 is 0. The van der Waals surface area contributed by atoms with Crippen LogP contribution in [0.1, 0.15) is 11.5 Å². The van der Waals surface area contributed by atoms with Crippen molar-refractivity contribution >= 4 is 17.8 Å². The van der Waals surface area contributed by atoms with E-state index >= 15 is 0 Å². The molecule has 6 nitrogen and oxygen atoms in total. The number of anilines is 1. The number of carboxylic acid groups (broad SMARTS) is 2. The van der Waals surface area contributed by atoms with E-state index in [1.807, 2.05) is 0 Å². The molecule has 1 rings (SSSR count). The fourth-order valence-corrected chi connectivity index (χ4v) is 0.978. The lowest BCUT2D eigenvalue weighted by Crippen LogP contribution is -2.21. The van der Waals surface area contributed by atoms with Crippen molar-refractivity contribution in [1.82, 2.24) is 4.98 Å². The molecule has 1 aromatic heterocycles. The first-order valence-corrected chi connectivity index (χ1v) is 3.69.